The summed E-state index contributed by atoms with van der Waals surface area (Å²) in [6, 6.07) is 8.27. The van der Waals surface area contributed by atoms with Crippen molar-refractivity contribution in [3.8, 4) is 0 Å². The molecule has 2 aromatic rings. The van der Waals surface area contributed by atoms with Gasteiger partial charge in [-0.15, -0.1) is 0 Å². The monoisotopic (exact) mass is 355 g/mol. The van der Waals surface area contributed by atoms with Crippen LogP contribution < -0.4 is 10.6 Å². The number of rotatable bonds is 7. The van der Waals surface area contributed by atoms with Gasteiger partial charge in [0.05, 0.1) is 24.5 Å². The third-order valence-electron chi connectivity index (χ3n) is 4.76. The fraction of sp³-hybridized carbons (Fsp3) is 0.500. The van der Waals surface area contributed by atoms with Gasteiger partial charge in [-0.1, -0.05) is 6.07 Å². The van der Waals surface area contributed by atoms with Crippen molar-refractivity contribution >= 4 is 5.96 Å². The molecule has 0 aromatic carbocycles. The number of aliphatic imine (C=N–C) groups is 1. The number of nitrogens with one attached hydrogen (secondary N) is 2. The summed E-state index contributed by atoms with van der Waals surface area (Å²) in [4.78, 5) is 11.6. The number of hydrogen-bond donors (Lipinski definition) is 2. The highest BCUT2D eigenvalue weighted by Crippen LogP contribution is 2.24. The topological polar surface area (TPSA) is 65.7 Å². The lowest BCUT2D eigenvalue weighted by atomic mass is 10.2. The maximum atomic E-state index is 5.69. The molecule has 1 atom stereocenters. The van der Waals surface area contributed by atoms with Crippen molar-refractivity contribution in [2.45, 2.75) is 39.3 Å². The molecular weight excluding hydrogens is 326 g/mol. The highest BCUT2D eigenvalue weighted by atomic mass is 16.3. The van der Waals surface area contributed by atoms with Crippen LogP contribution >= 0.6 is 0 Å². The van der Waals surface area contributed by atoms with Crippen LogP contribution in [-0.2, 0) is 6.54 Å². The zero-order valence-corrected chi connectivity index (χ0v) is 15.7. The van der Waals surface area contributed by atoms with E-state index >= 15 is 0 Å². The number of hydrogen-bond acceptors (Lipinski definition) is 4. The molecule has 1 saturated heterocycles. The van der Waals surface area contributed by atoms with Crippen LogP contribution in [0.4, 0.5) is 0 Å². The van der Waals surface area contributed by atoms with Gasteiger partial charge in [0.1, 0.15) is 5.76 Å². The van der Waals surface area contributed by atoms with Crippen molar-refractivity contribution in [2.75, 3.05) is 26.2 Å². The Labute approximate surface area is 155 Å². The molecule has 26 heavy (non-hydrogen) atoms. The molecule has 0 bridgehead atoms. The second-order valence-electron chi connectivity index (χ2n) is 6.62. The summed E-state index contributed by atoms with van der Waals surface area (Å²) >= 11 is 0. The van der Waals surface area contributed by atoms with Gasteiger partial charge < -0.3 is 15.1 Å². The highest BCUT2D eigenvalue weighted by Gasteiger charge is 2.25. The van der Waals surface area contributed by atoms with Crippen LogP contribution in [-0.4, -0.2) is 42.0 Å². The molecule has 2 aromatic heterocycles. The summed E-state index contributed by atoms with van der Waals surface area (Å²) in [7, 11) is 0. The first-order valence-corrected chi connectivity index (χ1v) is 9.48. The van der Waals surface area contributed by atoms with E-state index in [-0.39, 0.29) is 6.04 Å². The van der Waals surface area contributed by atoms with Gasteiger partial charge >= 0.3 is 0 Å². The number of likely N-dealkylation sites (tertiary alicyclic amines) is 1. The van der Waals surface area contributed by atoms with Crippen molar-refractivity contribution < 1.29 is 4.42 Å². The van der Waals surface area contributed by atoms with Crippen LogP contribution in [0.3, 0.4) is 0 Å². The minimum Gasteiger partial charge on any atom is -0.468 e. The van der Waals surface area contributed by atoms with E-state index < -0.39 is 0 Å². The number of pyridine rings is 1. The summed E-state index contributed by atoms with van der Waals surface area (Å²) in [6.07, 6.45) is 6.08. The zero-order valence-electron chi connectivity index (χ0n) is 15.7. The number of furan rings is 1. The van der Waals surface area contributed by atoms with E-state index in [1.165, 1.54) is 12.8 Å². The van der Waals surface area contributed by atoms with Crippen molar-refractivity contribution in [1.29, 1.82) is 0 Å². The molecule has 0 amide bonds. The van der Waals surface area contributed by atoms with E-state index in [0.29, 0.717) is 6.54 Å². The van der Waals surface area contributed by atoms with Crippen molar-refractivity contribution in [1.82, 2.24) is 20.5 Å². The Balaban J connectivity index is 1.66. The molecule has 6 heteroatoms. The van der Waals surface area contributed by atoms with E-state index in [9.17, 15) is 0 Å². The Morgan fingerprint density at radius 3 is 2.81 bits per heavy atom. The number of nitrogens with zero attached hydrogens (tertiary/aromatic N) is 3. The van der Waals surface area contributed by atoms with E-state index in [1.807, 2.05) is 18.3 Å². The molecule has 6 nitrogen and oxygen atoms in total. The first-order valence-electron chi connectivity index (χ1n) is 9.48. The average Bonchev–Trinajstić information content (AvgIpc) is 3.35. The molecule has 1 aliphatic heterocycles. The molecule has 1 fully saturated rings. The molecule has 140 valence electrons. The lowest BCUT2D eigenvalue weighted by molar-refractivity contribution is 0.215. The molecule has 0 saturated carbocycles. The van der Waals surface area contributed by atoms with E-state index in [1.54, 1.807) is 6.26 Å². The standard InChI is InChI=1S/C20H29N5O/c1-3-21-20(23-14-17-16(2)8-6-10-22-17)24-15-18(19-9-7-13-26-19)25-11-4-5-12-25/h6-10,13,18H,3-5,11-12,14-15H2,1-2H3,(H2,21,23,24). The Kier molecular flexibility index (Phi) is 6.66. The smallest absolute Gasteiger partial charge is 0.191 e. The summed E-state index contributed by atoms with van der Waals surface area (Å²) < 4.78 is 5.69. The molecule has 1 unspecified atom stereocenters. The average molecular weight is 355 g/mol. The Morgan fingerprint density at radius 2 is 2.12 bits per heavy atom. The Morgan fingerprint density at radius 1 is 1.27 bits per heavy atom. The second-order valence-corrected chi connectivity index (χ2v) is 6.62. The molecule has 3 rings (SSSR count). The first kappa shape index (κ1) is 18.5. The van der Waals surface area contributed by atoms with Crippen LogP contribution in [0, 0.1) is 6.92 Å². The quantitative estimate of drug-likeness (QED) is 0.591. The van der Waals surface area contributed by atoms with Crippen LogP contribution in [0.15, 0.2) is 46.1 Å². The number of guanidine groups is 1. The molecule has 0 spiro atoms. The first-order chi connectivity index (χ1) is 12.8. The van der Waals surface area contributed by atoms with Crippen molar-refractivity contribution in [3.63, 3.8) is 0 Å². The van der Waals surface area contributed by atoms with Gasteiger partial charge in [-0.25, -0.2) is 4.99 Å². The van der Waals surface area contributed by atoms with Gasteiger partial charge in [-0.3, -0.25) is 9.88 Å². The molecular formula is C20H29N5O. The van der Waals surface area contributed by atoms with E-state index in [2.05, 4.69) is 46.5 Å². The van der Waals surface area contributed by atoms with Crippen LogP contribution in [0.1, 0.15) is 42.8 Å². The maximum absolute atomic E-state index is 5.69. The Hall–Kier alpha value is -2.34. The van der Waals surface area contributed by atoms with Gasteiger partial charge in [-0.2, -0.15) is 0 Å². The molecule has 3 heterocycles. The largest absolute Gasteiger partial charge is 0.468 e. The fourth-order valence-corrected chi connectivity index (χ4v) is 3.32. The van der Waals surface area contributed by atoms with Gasteiger partial charge in [0.25, 0.3) is 0 Å². The molecule has 1 aliphatic rings. The van der Waals surface area contributed by atoms with Crippen LogP contribution in [0.5, 0.6) is 0 Å². The molecule has 0 radical (unpaired) electrons. The van der Waals surface area contributed by atoms with Crippen molar-refractivity contribution in [2.24, 2.45) is 4.99 Å². The van der Waals surface area contributed by atoms with Gasteiger partial charge in [0, 0.05) is 19.3 Å². The second kappa shape index (κ2) is 9.38. The van der Waals surface area contributed by atoms with Crippen molar-refractivity contribution in [3.05, 3.63) is 53.7 Å². The minimum atomic E-state index is 0.230. The predicted molar refractivity (Wildman–Crippen MR) is 104 cm³/mol. The summed E-state index contributed by atoms with van der Waals surface area (Å²) in [5.74, 6) is 1.82. The third kappa shape index (κ3) is 4.85. The summed E-state index contributed by atoms with van der Waals surface area (Å²) in [5, 5.41) is 6.81. The van der Waals surface area contributed by atoms with Gasteiger partial charge in [0.2, 0.25) is 0 Å². The van der Waals surface area contributed by atoms with Crippen LogP contribution in [0.2, 0.25) is 0 Å². The maximum Gasteiger partial charge on any atom is 0.191 e. The Bertz CT molecular complexity index is 692. The highest BCUT2D eigenvalue weighted by molar-refractivity contribution is 5.79. The third-order valence-corrected chi connectivity index (χ3v) is 4.76. The summed E-state index contributed by atoms with van der Waals surface area (Å²) in [5.41, 5.74) is 2.17. The van der Waals surface area contributed by atoms with E-state index in [0.717, 1.165) is 49.2 Å². The van der Waals surface area contributed by atoms with E-state index in [4.69, 9.17) is 9.41 Å². The normalized spacial score (nSPS) is 16.6. The zero-order chi connectivity index (χ0) is 18.2. The fourth-order valence-electron chi connectivity index (χ4n) is 3.32. The molecule has 2 N–H and O–H groups in total. The summed E-state index contributed by atoms with van der Waals surface area (Å²) in [6.45, 7) is 8.54. The number of aromatic nitrogens is 1. The lowest BCUT2D eigenvalue weighted by Crippen LogP contribution is -2.42. The number of aryl methyl sites for hydroxylation is 1. The minimum absolute atomic E-state index is 0.230. The van der Waals surface area contributed by atoms with Gasteiger partial charge in [0.15, 0.2) is 5.96 Å². The predicted octanol–water partition coefficient (Wildman–Crippen LogP) is 2.88. The lowest BCUT2D eigenvalue weighted by Gasteiger charge is -2.26. The van der Waals surface area contributed by atoms with Crippen LogP contribution in [0.25, 0.3) is 0 Å². The SMILES string of the molecule is CCNC(=NCc1ncccc1C)NCC(c1ccco1)N1CCCC1. The molecule has 0 aliphatic carbocycles. The van der Waals surface area contributed by atoms with Gasteiger partial charge in [-0.05, 0) is 63.5 Å².